The fourth-order valence-corrected chi connectivity index (χ4v) is 1.30. The molecule has 64 valence electrons. The summed E-state index contributed by atoms with van der Waals surface area (Å²) in [6.07, 6.45) is -0.448. The van der Waals surface area contributed by atoms with E-state index in [1.807, 2.05) is 0 Å². The molecule has 4 heteroatoms. The van der Waals surface area contributed by atoms with Crippen LogP contribution in [0.5, 0.6) is 0 Å². The molecule has 0 saturated heterocycles. The van der Waals surface area contributed by atoms with Crippen molar-refractivity contribution in [3.63, 3.8) is 0 Å². The second-order valence-corrected chi connectivity index (χ2v) is 2.83. The number of imidazole rings is 1. The normalized spacial score (nSPS) is 27.2. The van der Waals surface area contributed by atoms with Gasteiger partial charge < -0.3 is 4.98 Å². The zero-order chi connectivity index (χ0) is 8.72. The minimum Gasteiger partial charge on any atom is -0.343 e. The second-order valence-electron chi connectivity index (χ2n) is 2.83. The molecular weight excluding hydrogens is 162 g/mol. The topological polar surface area (TPSA) is 28.7 Å². The first-order valence-electron chi connectivity index (χ1n) is 3.71. The largest absolute Gasteiger partial charge is 0.343 e. The summed E-state index contributed by atoms with van der Waals surface area (Å²) in [7, 11) is 0. The number of fused-ring (bicyclic) bond motifs is 1. The maximum absolute atomic E-state index is 13.1. The third kappa shape index (κ3) is 0.948. The molecule has 0 fully saturated rings. The Morgan fingerprint density at radius 2 is 2.25 bits per heavy atom. The lowest BCUT2D eigenvalue weighted by Crippen LogP contribution is -2.11. The van der Waals surface area contributed by atoms with E-state index in [1.54, 1.807) is 6.92 Å². The summed E-state index contributed by atoms with van der Waals surface area (Å²) in [5, 5.41) is 0. The van der Waals surface area contributed by atoms with Crippen molar-refractivity contribution in [3.05, 3.63) is 23.3 Å². The number of H-pyrrole nitrogens is 1. The van der Waals surface area contributed by atoms with Gasteiger partial charge in [-0.1, -0.05) is 0 Å². The van der Waals surface area contributed by atoms with Gasteiger partial charge in [-0.2, -0.15) is 0 Å². The molecule has 2 nitrogen and oxygen atoms in total. The van der Waals surface area contributed by atoms with Crippen molar-refractivity contribution in [1.82, 2.24) is 9.97 Å². The van der Waals surface area contributed by atoms with Crippen LogP contribution in [0.15, 0.2) is 6.08 Å². The van der Waals surface area contributed by atoms with Gasteiger partial charge in [-0.15, -0.1) is 0 Å². The van der Waals surface area contributed by atoms with Gasteiger partial charge >= 0.3 is 0 Å². The number of nitrogens with zero attached hydrogens (tertiary/aromatic N) is 1. The highest BCUT2D eigenvalue weighted by Gasteiger charge is 2.28. The van der Waals surface area contributed by atoms with Crippen LogP contribution in [0, 0.1) is 6.92 Å². The van der Waals surface area contributed by atoms with E-state index in [4.69, 9.17) is 0 Å². The molecule has 12 heavy (non-hydrogen) atoms. The van der Waals surface area contributed by atoms with E-state index in [2.05, 4.69) is 9.97 Å². The lowest BCUT2D eigenvalue weighted by Gasteiger charge is -2.12. The second kappa shape index (κ2) is 2.40. The van der Waals surface area contributed by atoms with Crippen LogP contribution in [-0.2, 0) is 0 Å². The minimum absolute atomic E-state index is 0.252. The van der Waals surface area contributed by atoms with E-state index in [-0.39, 0.29) is 5.69 Å². The van der Waals surface area contributed by atoms with Crippen LogP contribution < -0.4 is 0 Å². The molecule has 0 bridgehead atoms. The van der Waals surface area contributed by atoms with Crippen LogP contribution in [0.4, 0.5) is 8.78 Å². The summed E-state index contributed by atoms with van der Waals surface area (Å²) < 4.78 is 25.8. The summed E-state index contributed by atoms with van der Waals surface area (Å²) in [6, 6.07) is 0. The van der Waals surface area contributed by atoms with Crippen LogP contribution in [-0.4, -0.2) is 16.1 Å². The fourth-order valence-electron chi connectivity index (χ4n) is 1.30. The number of alkyl halides is 2. The van der Waals surface area contributed by atoms with Gasteiger partial charge in [0.05, 0.1) is 11.4 Å². The average Bonchev–Trinajstić information content (AvgIpc) is 2.39. The van der Waals surface area contributed by atoms with E-state index in [1.165, 1.54) is 12.2 Å². The van der Waals surface area contributed by atoms with Crippen LogP contribution in [0.1, 0.15) is 23.4 Å². The summed E-state index contributed by atoms with van der Waals surface area (Å²) in [4.78, 5) is 6.69. The molecule has 2 atom stereocenters. The molecule has 0 aliphatic heterocycles. The number of hydrogen-bond donors (Lipinski definition) is 1. The van der Waals surface area contributed by atoms with Crippen molar-refractivity contribution in [3.8, 4) is 0 Å². The Morgan fingerprint density at radius 1 is 1.50 bits per heavy atom. The fraction of sp³-hybridized carbons (Fsp3) is 0.375. The zero-order valence-electron chi connectivity index (χ0n) is 6.51. The van der Waals surface area contributed by atoms with Crippen molar-refractivity contribution in [2.75, 3.05) is 0 Å². The maximum atomic E-state index is 13.1. The van der Waals surface area contributed by atoms with Gasteiger partial charge in [-0.3, -0.25) is 0 Å². The average molecular weight is 170 g/mol. The Morgan fingerprint density at radius 3 is 3.00 bits per heavy atom. The Balaban J connectivity index is 2.50. The van der Waals surface area contributed by atoms with Gasteiger partial charge in [-0.05, 0) is 19.1 Å². The highest BCUT2D eigenvalue weighted by atomic mass is 19.2. The summed E-state index contributed by atoms with van der Waals surface area (Å²) in [5.74, 6) is 0.612. The third-order valence-electron chi connectivity index (χ3n) is 1.87. The van der Waals surface area contributed by atoms with Gasteiger partial charge in [-0.25, -0.2) is 13.8 Å². The van der Waals surface area contributed by atoms with Crippen LogP contribution in [0.2, 0.25) is 0 Å². The van der Waals surface area contributed by atoms with Crippen molar-refractivity contribution in [2.45, 2.75) is 19.3 Å². The summed E-state index contributed by atoms with van der Waals surface area (Å²) >= 11 is 0. The number of allylic oxidation sites excluding steroid dienone is 1. The van der Waals surface area contributed by atoms with Gasteiger partial charge in [0.2, 0.25) is 0 Å². The number of hydrogen-bond acceptors (Lipinski definition) is 1. The van der Waals surface area contributed by atoms with E-state index >= 15 is 0 Å². The minimum atomic E-state index is -1.59. The summed E-state index contributed by atoms with van der Waals surface area (Å²) in [6.45, 7) is 1.71. The molecule has 1 aromatic heterocycles. The summed E-state index contributed by atoms with van der Waals surface area (Å²) in [5.41, 5.74) is 0.761. The van der Waals surface area contributed by atoms with Crippen molar-refractivity contribution >= 4 is 6.08 Å². The number of aromatic amines is 1. The molecule has 1 aliphatic carbocycles. The van der Waals surface area contributed by atoms with Gasteiger partial charge in [0.1, 0.15) is 5.82 Å². The Kier molecular flexibility index (Phi) is 1.49. The quantitative estimate of drug-likeness (QED) is 0.634. The van der Waals surface area contributed by atoms with Crippen molar-refractivity contribution in [2.24, 2.45) is 0 Å². The Labute approximate surface area is 68.3 Å². The number of halogens is 2. The van der Waals surface area contributed by atoms with Gasteiger partial charge in [0.25, 0.3) is 0 Å². The molecular formula is C8H8F2N2. The molecule has 2 rings (SSSR count). The number of aromatic nitrogens is 2. The highest BCUT2D eigenvalue weighted by Crippen LogP contribution is 2.30. The lowest BCUT2D eigenvalue weighted by molar-refractivity contribution is 0.202. The predicted molar refractivity (Wildman–Crippen MR) is 41.1 cm³/mol. The zero-order valence-corrected chi connectivity index (χ0v) is 6.51. The molecule has 0 aromatic carbocycles. The first-order chi connectivity index (χ1) is 5.68. The van der Waals surface area contributed by atoms with Crippen LogP contribution >= 0.6 is 0 Å². The first kappa shape index (κ1) is 7.46. The lowest BCUT2D eigenvalue weighted by atomic mass is 10.1. The molecule has 1 aromatic rings. The Bertz CT molecular complexity index is 330. The highest BCUT2D eigenvalue weighted by molar-refractivity contribution is 5.52. The van der Waals surface area contributed by atoms with Crippen LogP contribution in [0.3, 0.4) is 0 Å². The molecule has 2 unspecified atom stereocenters. The van der Waals surface area contributed by atoms with Gasteiger partial charge in [0.15, 0.2) is 12.3 Å². The maximum Gasteiger partial charge on any atom is 0.176 e. The van der Waals surface area contributed by atoms with Crippen molar-refractivity contribution < 1.29 is 8.78 Å². The molecule has 1 aliphatic rings. The molecule has 0 spiro atoms. The van der Waals surface area contributed by atoms with E-state index in [0.29, 0.717) is 11.5 Å². The number of nitrogens with one attached hydrogen (secondary N) is 1. The first-order valence-corrected chi connectivity index (χ1v) is 3.71. The molecule has 0 radical (unpaired) electrons. The number of rotatable bonds is 0. The van der Waals surface area contributed by atoms with E-state index in [9.17, 15) is 8.78 Å². The Hall–Kier alpha value is -1.19. The standard InChI is InChI=1S/C8H8F2N2/c1-4-11-6-3-2-5(9)7(10)8(6)12-4/h2-3,5,7H,1H3,(H,11,12). The van der Waals surface area contributed by atoms with E-state index < -0.39 is 12.3 Å². The smallest absolute Gasteiger partial charge is 0.176 e. The van der Waals surface area contributed by atoms with Crippen LogP contribution in [0.25, 0.3) is 6.08 Å². The molecule has 1 N–H and O–H groups in total. The molecule has 1 heterocycles. The number of aryl methyl sites for hydroxylation is 1. The predicted octanol–water partition coefficient (Wildman–Crippen LogP) is 2.09. The van der Waals surface area contributed by atoms with E-state index in [0.717, 1.165) is 0 Å². The monoisotopic (exact) mass is 170 g/mol. The van der Waals surface area contributed by atoms with Gasteiger partial charge in [0, 0.05) is 0 Å². The van der Waals surface area contributed by atoms with Crippen molar-refractivity contribution in [1.29, 1.82) is 0 Å². The molecule has 0 saturated carbocycles. The SMILES string of the molecule is Cc1nc2c([nH]1)C(F)C(F)C=C2. The molecule has 0 amide bonds. The third-order valence-corrected chi connectivity index (χ3v) is 1.87.